The lowest BCUT2D eigenvalue weighted by Crippen LogP contribution is -2.45. The molecule has 0 spiro atoms. The van der Waals surface area contributed by atoms with Gasteiger partial charge in [-0.3, -0.25) is 24.3 Å². The Morgan fingerprint density at radius 3 is 2.23 bits per heavy atom. The molecule has 0 unspecified atom stereocenters. The summed E-state index contributed by atoms with van der Waals surface area (Å²) in [5, 5.41) is 76.2. The zero-order chi connectivity index (χ0) is 44.4. The number of phenols is 3. The highest BCUT2D eigenvalue weighted by atomic mass is 16.7. The molecule has 16 nitrogen and oxygen atoms in total. The number of β-amino-alcohol motifs (C(OH)–C–C–N with tert-alkyl or cyclic N) is 1. The quantitative estimate of drug-likeness (QED) is 0.0963. The van der Waals surface area contributed by atoms with E-state index in [2.05, 4.69) is 15.3 Å². The number of amides is 1. The number of allylic oxidation sites excluding steroid dienone is 3. The molecule has 1 saturated heterocycles. The van der Waals surface area contributed by atoms with Gasteiger partial charge in [-0.25, -0.2) is 0 Å². The van der Waals surface area contributed by atoms with Crippen molar-refractivity contribution in [3.8, 4) is 23.0 Å². The molecule has 16 heteroatoms. The number of ketones is 1. The molecule has 4 heterocycles. The molecule has 4 aliphatic rings. The minimum absolute atomic E-state index is 0.0136. The Balaban J connectivity index is 1.67. The Bertz CT molecular complexity index is 2090. The van der Waals surface area contributed by atoms with Crippen molar-refractivity contribution in [2.24, 2.45) is 34.7 Å². The molecule has 1 fully saturated rings. The minimum Gasteiger partial charge on any atom is -0.507 e. The van der Waals surface area contributed by atoms with E-state index in [0.29, 0.717) is 32.7 Å². The first-order chi connectivity index (χ1) is 28.2. The Labute approximate surface area is 350 Å². The van der Waals surface area contributed by atoms with Crippen molar-refractivity contribution in [1.29, 1.82) is 0 Å². The van der Waals surface area contributed by atoms with Crippen molar-refractivity contribution >= 4 is 40.3 Å². The first-order valence-electron chi connectivity index (χ1n) is 20.4. The Morgan fingerprint density at radius 1 is 0.933 bits per heavy atom. The SMILES string of the molecule is CC(=O)O[C@H]1[C@H](C)[C@H](O)[C@H](C)[C@@H](O)[C@@H](C)/C=C/C=C(/C)C(=O)Nc2c(/C=N/N3CCN(CCO)CC3)c(O)c3c4c(c(C)c(O)c3c2O)O[C@](C)(O/C=C/[C@H](C)[C@H]1C)C4=O. The lowest BCUT2D eigenvalue weighted by molar-refractivity contribution is -0.158. The minimum atomic E-state index is -2.01. The van der Waals surface area contributed by atoms with Crippen LogP contribution in [0.3, 0.4) is 0 Å². The molecule has 0 saturated carbocycles. The summed E-state index contributed by atoms with van der Waals surface area (Å²) in [6.07, 6.45) is 6.05. The van der Waals surface area contributed by atoms with Crippen LogP contribution in [-0.2, 0) is 19.1 Å². The number of hydrazone groups is 1. The summed E-state index contributed by atoms with van der Waals surface area (Å²) in [5.74, 6) is -8.31. The number of phenolic OH excluding ortho intramolecular Hbond substituents is 3. The van der Waals surface area contributed by atoms with E-state index in [0.717, 1.165) is 0 Å². The molecule has 0 radical (unpaired) electrons. The summed E-state index contributed by atoms with van der Waals surface area (Å²) in [5.41, 5.74) is -0.378. The van der Waals surface area contributed by atoms with Crippen molar-refractivity contribution in [3.63, 3.8) is 0 Å². The maximum absolute atomic E-state index is 14.4. The number of piperazine rings is 1. The summed E-state index contributed by atoms with van der Waals surface area (Å²) in [7, 11) is 0. The Hall–Kier alpha value is -5.16. The molecule has 2 aromatic rings. The highest BCUT2D eigenvalue weighted by Gasteiger charge is 2.50. The third-order valence-electron chi connectivity index (χ3n) is 12.3. The third kappa shape index (κ3) is 9.11. The first kappa shape index (κ1) is 45.9. The number of aromatic hydroxyl groups is 3. The number of nitrogens with zero attached hydrogens (tertiary/aromatic N) is 3. The molecule has 9 atom stereocenters. The Morgan fingerprint density at radius 2 is 1.60 bits per heavy atom. The maximum Gasteiger partial charge on any atom is 0.312 e. The van der Waals surface area contributed by atoms with E-state index >= 15 is 0 Å². The number of hydrogen-bond donors (Lipinski definition) is 7. The second kappa shape index (κ2) is 18.6. The Kier molecular flexibility index (Phi) is 14.3. The second-order valence-corrected chi connectivity index (χ2v) is 16.5. The number of hydrogen-bond acceptors (Lipinski definition) is 15. The number of aliphatic hydroxyl groups is 3. The highest BCUT2D eigenvalue weighted by molar-refractivity contribution is 6.23. The van der Waals surface area contributed by atoms with E-state index in [1.165, 1.54) is 46.2 Å². The van der Waals surface area contributed by atoms with Gasteiger partial charge in [0.25, 0.3) is 11.7 Å². The van der Waals surface area contributed by atoms with Crippen molar-refractivity contribution in [2.75, 3.05) is 44.6 Å². The van der Waals surface area contributed by atoms with Gasteiger partial charge < -0.3 is 50.2 Å². The molecule has 6 rings (SSSR count). The molecule has 2 aromatic carbocycles. The molecular weight excluding hydrogens is 776 g/mol. The number of Topliss-reactive ketones (excluding diaryl/α,β-unsaturated/α-hetero) is 1. The second-order valence-electron chi connectivity index (χ2n) is 16.5. The largest absolute Gasteiger partial charge is 0.507 e. The van der Waals surface area contributed by atoms with Crippen LogP contribution in [0.25, 0.3) is 10.8 Å². The van der Waals surface area contributed by atoms with Crippen LogP contribution in [0.1, 0.15) is 76.9 Å². The zero-order valence-electron chi connectivity index (χ0n) is 35.8. The van der Waals surface area contributed by atoms with Gasteiger partial charge in [-0.1, -0.05) is 52.8 Å². The number of esters is 1. The predicted molar refractivity (Wildman–Crippen MR) is 225 cm³/mol. The summed E-state index contributed by atoms with van der Waals surface area (Å²) in [4.78, 5) is 42.6. The van der Waals surface area contributed by atoms with Gasteiger partial charge in [0.2, 0.25) is 0 Å². The summed E-state index contributed by atoms with van der Waals surface area (Å²) < 4.78 is 17.9. The molecule has 7 N–H and O–H groups in total. The third-order valence-corrected chi connectivity index (χ3v) is 12.3. The zero-order valence-corrected chi connectivity index (χ0v) is 35.8. The maximum atomic E-state index is 14.4. The van der Waals surface area contributed by atoms with Gasteiger partial charge >= 0.3 is 11.8 Å². The topological polar surface area (TPSA) is 231 Å². The molecule has 1 amide bonds. The number of carbonyl (C=O) groups is 3. The van der Waals surface area contributed by atoms with Crippen molar-refractivity contribution < 1.29 is 59.2 Å². The summed E-state index contributed by atoms with van der Waals surface area (Å²) >= 11 is 0. The highest BCUT2D eigenvalue weighted by Crippen LogP contribution is 2.55. The summed E-state index contributed by atoms with van der Waals surface area (Å²) in [6.45, 7) is 17.3. The number of aliphatic hydroxyl groups excluding tert-OH is 3. The monoisotopic (exact) mass is 836 g/mol. The van der Waals surface area contributed by atoms with Crippen molar-refractivity contribution in [2.45, 2.75) is 86.4 Å². The van der Waals surface area contributed by atoms with Crippen LogP contribution in [-0.4, -0.2) is 128 Å². The van der Waals surface area contributed by atoms with Crippen LogP contribution in [0.15, 0.2) is 41.2 Å². The molecule has 4 aliphatic heterocycles. The molecule has 60 heavy (non-hydrogen) atoms. The number of nitrogens with one attached hydrogen (secondary N) is 1. The van der Waals surface area contributed by atoms with Crippen LogP contribution in [0.5, 0.6) is 23.0 Å². The van der Waals surface area contributed by atoms with Crippen LogP contribution in [0, 0.1) is 36.5 Å². The van der Waals surface area contributed by atoms with Gasteiger partial charge in [0, 0.05) is 80.8 Å². The van der Waals surface area contributed by atoms with E-state index < -0.39 is 82.7 Å². The number of carbonyl (C=O) groups excluding carboxylic acids is 3. The van der Waals surface area contributed by atoms with Crippen molar-refractivity contribution in [3.05, 3.63) is 52.8 Å². The van der Waals surface area contributed by atoms with Crippen LogP contribution in [0.2, 0.25) is 0 Å². The molecule has 0 aliphatic carbocycles. The smallest absolute Gasteiger partial charge is 0.312 e. The lowest BCUT2D eigenvalue weighted by Gasteiger charge is -2.37. The molecule has 328 valence electrons. The van der Waals surface area contributed by atoms with Crippen LogP contribution >= 0.6 is 0 Å². The fourth-order valence-corrected chi connectivity index (χ4v) is 8.10. The fourth-order valence-electron chi connectivity index (χ4n) is 8.10. The van der Waals surface area contributed by atoms with Gasteiger partial charge in [-0.05, 0) is 31.8 Å². The van der Waals surface area contributed by atoms with Crippen LogP contribution < -0.4 is 10.1 Å². The number of anilines is 1. The molecule has 5 bridgehead atoms. The normalized spacial score (nSPS) is 31.7. The van der Waals surface area contributed by atoms with Gasteiger partial charge in [-0.2, -0.15) is 5.10 Å². The van der Waals surface area contributed by atoms with E-state index in [1.54, 1.807) is 44.0 Å². The number of rotatable bonds is 5. The summed E-state index contributed by atoms with van der Waals surface area (Å²) in [6, 6.07) is 0. The predicted octanol–water partition coefficient (Wildman–Crippen LogP) is 4.32. The van der Waals surface area contributed by atoms with Crippen LogP contribution in [0.4, 0.5) is 5.69 Å². The standard InChI is InChI=1S/C44H60N4O12/c1-22-13-20-58-44(9)42(56)33-31-32(37(53)28(7)41(33)60-44)39(55)34(30(38(31)54)21-45-48-16-14-47(15-17-48)18-19-49)46-43(57)24(3)12-10-11-23(2)35(51)26(5)36(52)27(6)40(25(22)4)59-29(8)50/h10-13,20-23,25-27,35-36,40,49,51-55H,14-19H2,1-9H3,(H,46,57)/b11-10+,20-13+,24-12-,45-21+/t22-,23-,25+,26+,27+,35-,36+,40+,44-/m0/s1. The molecule has 0 aromatic heterocycles. The van der Waals surface area contributed by atoms with E-state index in [9.17, 15) is 45.0 Å². The lowest BCUT2D eigenvalue weighted by atomic mass is 9.77. The van der Waals surface area contributed by atoms with Gasteiger partial charge in [0.05, 0.1) is 53.5 Å². The average Bonchev–Trinajstić information content (AvgIpc) is 3.47. The fraction of sp³-hybridized carbons (Fsp3) is 0.545. The number of ether oxygens (including phenoxy) is 3. The first-order valence-corrected chi connectivity index (χ1v) is 20.4. The molecular formula is C44H60N4O12. The van der Waals surface area contributed by atoms with Gasteiger partial charge in [-0.15, -0.1) is 0 Å². The van der Waals surface area contributed by atoms with E-state index in [1.807, 2.05) is 13.8 Å². The number of benzene rings is 2. The van der Waals surface area contributed by atoms with E-state index in [4.69, 9.17) is 14.2 Å². The van der Waals surface area contributed by atoms with Crippen molar-refractivity contribution in [1.82, 2.24) is 9.91 Å². The average molecular weight is 837 g/mol. The van der Waals surface area contributed by atoms with Gasteiger partial charge in [0.15, 0.2) is 5.75 Å². The van der Waals surface area contributed by atoms with Gasteiger partial charge in [0.1, 0.15) is 23.4 Å². The number of fused-ring (bicyclic) bond motifs is 14. The van der Waals surface area contributed by atoms with E-state index in [-0.39, 0.29) is 57.0 Å².